The molecule has 1 aliphatic rings. The number of carbonyl (C=O) groups is 1. The number of aromatic nitrogens is 1. The lowest BCUT2D eigenvalue weighted by molar-refractivity contribution is -0.140. The summed E-state index contributed by atoms with van der Waals surface area (Å²) in [6.07, 6.45) is 2.24. The smallest absolute Gasteiger partial charge is 0.314 e. The van der Waals surface area contributed by atoms with E-state index in [0.29, 0.717) is 25.7 Å². The summed E-state index contributed by atoms with van der Waals surface area (Å²) in [5.74, 6) is 0.0466. The van der Waals surface area contributed by atoms with Crippen LogP contribution in [-0.4, -0.2) is 27.4 Å². The van der Waals surface area contributed by atoms with E-state index in [1.165, 1.54) is 0 Å². The molecule has 0 radical (unpaired) electrons. The number of aliphatic carboxylic acids is 1. The first-order valence-electron chi connectivity index (χ1n) is 12.5. The maximum atomic E-state index is 11.6. The highest BCUT2D eigenvalue weighted by Gasteiger charge is 2.51. The van der Waals surface area contributed by atoms with Crippen LogP contribution in [0.15, 0.2) is 83.4 Å². The normalized spacial score (nSPS) is 15.9. The maximum Gasteiger partial charge on any atom is 0.314 e. The second-order valence-electron chi connectivity index (χ2n) is 10.1. The second-order valence-corrected chi connectivity index (χ2v) is 10.1. The molecule has 5 rings (SSSR count). The van der Waals surface area contributed by atoms with E-state index in [9.17, 15) is 15.0 Å². The molecule has 1 fully saturated rings. The molecule has 0 amide bonds. The zero-order valence-electron chi connectivity index (χ0n) is 20.6. The average molecular weight is 482 g/mol. The third kappa shape index (κ3) is 4.71. The van der Waals surface area contributed by atoms with Crippen molar-refractivity contribution in [2.75, 3.05) is 0 Å². The number of benzene rings is 3. The molecule has 1 heterocycles. The van der Waals surface area contributed by atoms with Crippen LogP contribution in [0.3, 0.4) is 0 Å². The molecule has 184 valence electrons. The van der Waals surface area contributed by atoms with Crippen molar-refractivity contribution >= 4 is 5.97 Å². The van der Waals surface area contributed by atoms with E-state index in [1.54, 1.807) is 0 Å². The summed E-state index contributed by atoms with van der Waals surface area (Å²) in [7, 11) is 0. The molecule has 5 nitrogen and oxygen atoms in total. The minimum atomic E-state index is -0.736. The fraction of sp³-hybridized carbons (Fsp3) is 0.290. The van der Waals surface area contributed by atoms with Crippen LogP contribution >= 0.6 is 0 Å². The zero-order valence-corrected chi connectivity index (χ0v) is 20.6. The molecule has 5 heteroatoms. The van der Waals surface area contributed by atoms with E-state index in [-0.39, 0.29) is 5.92 Å². The molecule has 1 aliphatic carbocycles. The molecule has 2 N–H and O–H groups in total. The highest BCUT2D eigenvalue weighted by Crippen LogP contribution is 2.48. The van der Waals surface area contributed by atoms with E-state index in [4.69, 9.17) is 4.52 Å². The Hall–Kier alpha value is -3.70. The molecule has 36 heavy (non-hydrogen) atoms. The fourth-order valence-corrected chi connectivity index (χ4v) is 4.92. The standard InChI is InChI=1S/C31H31NO4/c1-20(28(33)19-22-6-4-3-5-7-22)18-27-21(2)32-36-29(27)25-10-8-23(9-11-25)24-12-14-26(15-13-24)31(16-17-31)30(34)35/h3-15,20,28,33H,16-19H2,1-2H3,(H,34,35). The van der Waals surface area contributed by atoms with Gasteiger partial charge in [-0.15, -0.1) is 0 Å². The van der Waals surface area contributed by atoms with E-state index in [2.05, 4.69) is 12.1 Å². The summed E-state index contributed by atoms with van der Waals surface area (Å²) in [6.45, 7) is 4.00. The monoisotopic (exact) mass is 481 g/mol. The number of rotatable bonds is 9. The van der Waals surface area contributed by atoms with Gasteiger partial charge >= 0.3 is 5.97 Å². The molecule has 1 aromatic heterocycles. The van der Waals surface area contributed by atoms with Crippen molar-refractivity contribution in [3.63, 3.8) is 0 Å². The van der Waals surface area contributed by atoms with Crippen molar-refractivity contribution < 1.29 is 19.5 Å². The summed E-state index contributed by atoms with van der Waals surface area (Å²) in [5.41, 5.74) is 6.21. The Morgan fingerprint density at radius 3 is 2.08 bits per heavy atom. The number of aliphatic hydroxyl groups excluding tert-OH is 1. The highest BCUT2D eigenvalue weighted by atomic mass is 16.5. The van der Waals surface area contributed by atoms with Gasteiger partial charge < -0.3 is 14.7 Å². The second kappa shape index (κ2) is 9.75. The van der Waals surface area contributed by atoms with Gasteiger partial charge in [0, 0.05) is 11.1 Å². The SMILES string of the molecule is Cc1noc(-c2ccc(-c3ccc(C4(C(=O)O)CC4)cc3)cc2)c1CC(C)C(O)Cc1ccccc1. The van der Waals surface area contributed by atoms with Crippen molar-refractivity contribution in [3.8, 4) is 22.5 Å². The number of hydrogen-bond donors (Lipinski definition) is 2. The van der Waals surface area contributed by atoms with Crippen LogP contribution in [0, 0.1) is 12.8 Å². The van der Waals surface area contributed by atoms with Crippen molar-refractivity contribution in [1.29, 1.82) is 0 Å². The highest BCUT2D eigenvalue weighted by molar-refractivity contribution is 5.85. The molecule has 2 atom stereocenters. The van der Waals surface area contributed by atoms with Gasteiger partial charge in [-0.1, -0.05) is 90.9 Å². The van der Waals surface area contributed by atoms with Gasteiger partial charge in [0.05, 0.1) is 17.2 Å². The van der Waals surface area contributed by atoms with E-state index < -0.39 is 17.5 Å². The van der Waals surface area contributed by atoms with Crippen molar-refractivity contribution in [3.05, 3.63) is 101 Å². The summed E-state index contributed by atoms with van der Waals surface area (Å²) >= 11 is 0. The summed E-state index contributed by atoms with van der Waals surface area (Å²) in [6, 6.07) is 26.0. The molecule has 0 saturated heterocycles. The first-order chi connectivity index (χ1) is 17.4. The van der Waals surface area contributed by atoms with Crippen molar-refractivity contribution in [2.45, 2.75) is 51.0 Å². The predicted octanol–water partition coefficient (Wildman–Crippen LogP) is 6.22. The van der Waals surface area contributed by atoms with Gasteiger partial charge in [-0.2, -0.15) is 0 Å². The van der Waals surface area contributed by atoms with E-state index >= 15 is 0 Å². The summed E-state index contributed by atoms with van der Waals surface area (Å²) in [5, 5.41) is 24.6. The minimum absolute atomic E-state index is 0.0420. The number of carboxylic acids is 1. The van der Waals surface area contributed by atoms with Crippen LogP contribution in [0.2, 0.25) is 0 Å². The Kier molecular flexibility index (Phi) is 6.50. The summed E-state index contributed by atoms with van der Waals surface area (Å²) < 4.78 is 5.72. The van der Waals surface area contributed by atoms with Gasteiger partial charge in [0.25, 0.3) is 0 Å². The lowest BCUT2D eigenvalue weighted by atomic mass is 9.90. The van der Waals surface area contributed by atoms with Crippen molar-refractivity contribution in [2.24, 2.45) is 5.92 Å². The van der Waals surface area contributed by atoms with Gasteiger partial charge in [-0.3, -0.25) is 4.79 Å². The average Bonchev–Trinajstić information content (AvgIpc) is 3.64. The zero-order chi connectivity index (χ0) is 25.3. The lowest BCUT2D eigenvalue weighted by Crippen LogP contribution is -2.22. The Bertz CT molecular complexity index is 1340. The van der Waals surface area contributed by atoms with Gasteiger partial charge in [0.1, 0.15) is 0 Å². The molecular formula is C31H31NO4. The molecule has 0 spiro atoms. The Morgan fingerprint density at radius 1 is 0.917 bits per heavy atom. The fourth-order valence-electron chi connectivity index (χ4n) is 4.92. The molecule has 2 unspecified atom stereocenters. The molecule has 1 saturated carbocycles. The van der Waals surface area contributed by atoms with Crippen LogP contribution in [0.25, 0.3) is 22.5 Å². The quantitative estimate of drug-likeness (QED) is 0.297. The molecule has 4 aromatic rings. The topological polar surface area (TPSA) is 83.6 Å². The van der Waals surface area contributed by atoms with Crippen LogP contribution < -0.4 is 0 Å². The largest absolute Gasteiger partial charge is 0.481 e. The van der Waals surface area contributed by atoms with Gasteiger partial charge in [-0.05, 0) is 60.8 Å². The number of nitrogens with zero attached hydrogens (tertiary/aromatic N) is 1. The predicted molar refractivity (Wildman–Crippen MR) is 140 cm³/mol. The molecule has 3 aromatic carbocycles. The third-order valence-electron chi connectivity index (χ3n) is 7.53. The Morgan fingerprint density at radius 2 is 1.50 bits per heavy atom. The van der Waals surface area contributed by atoms with Crippen LogP contribution in [0.5, 0.6) is 0 Å². The lowest BCUT2D eigenvalue weighted by Gasteiger charge is -2.19. The molecule has 0 bridgehead atoms. The molecule has 0 aliphatic heterocycles. The first kappa shape index (κ1) is 24.0. The Balaban J connectivity index is 1.31. The number of hydrogen-bond acceptors (Lipinski definition) is 4. The third-order valence-corrected chi connectivity index (χ3v) is 7.53. The van der Waals surface area contributed by atoms with Crippen LogP contribution in [0.1, 0.15) is 42.1 Å². The molecular weight excluding hydrogens is 450 g/mol. The maximum absolute atomic E-state index is 11.6. The van der Waals surface area contributed by atoms with Gasteiger partial charge in [0.2, 0.25) is 0 Å². The van der Waals surface area contributed by atoms with Crippen molar-refractivity contribution in [1.82, 2.24) is 5.16 Å². The Labute approximate surface area is 211 Å². The summed E-state index contributed by atoms with van der Waals surface area (Å²) in [4.78, 5) is 11.6. The minimum Gasteiger partial charge on any atom is -0.481 e. The van der Waals surface area contributed by atoms with E-state index in [1.807, 2.05) is 85.8 Å². The van der Waals surface area contributed by atoms with E-state index in [0.717, 1.165) is 44.8 Å². The first-order valence-corrected chi connectivity index (χ1v) is 12.5. The van der Waals surface area contributed by atoms with Crippen LogP contribution in [-0.2, 0) is 23.1 Å². The van der Waals surface area contributed by atoms with Gasteiger partial charge in [-0.25, -0.2) is 0 Å². The van der Waals surface area contributed by atoms with Gasteiger partial charge in [0.15, 0.2) is 5.76 Å². The number of aryl methyl sites for hydroxylation is 1. The van der Waals surface area contributed by atoms with Crippen LogP contribution in [0.4, 0.5) is 0 Å². The number of aliphatic hydroxyl groups is 1. The number of carboxylic acid groups (broad SMARTS) is 1.